The molecule has 2 aromatic heterocycles. The predicted molar refractivity (Wildman–Crippen MR) is 101 cm³/mol. The molecule has 0 saturated carbocycles. The van der Waals surface area contributed by atoms with Gasteiger partial charge in [0.05, 0.1) is 24.6 Å². The summed E-state index contributed by atoms with van der Waals surface area (Å²) in [5.74, 6) is -0.0387. The highest BCUT2D eigenvalue weighted by atomic mass is 32.1. The number of likely N-dealkylation sites (N-methyl/N-ethyl adjacent to an activating group) is 2. The summed E-state index contributed by atoms with van der Waals surface area (Å²) in [7, 11) is 5.18. The summed E-state index contributed by atoms with van der Waals surface area (Å²) >= 11 is 1.15. The highest BCUT2D eigenvalue weighted by molar-refractivity contribution is 7.20. The standard InChI is InChI=1S/C17H24N4O4S/c1-7-25-17(24)13-9(2)12-15(23)18-14(19-16(12)26-13)10(3)21(6)8-11(22)20(4)5/h10H,7-8H2,1-6H3,(H,18,19,23)/t10-/m0/s1. The molecule has 0 bridgehead atoms. The number of rotatable bonds is 6. The number of hydrogen-bond donors (Lipinski definition) is 1. The Kier molecular flexibility index (Phi) is 6.14. The number of carbonyl (C=O) groups excluding carboxylic acids is 2. The van der Waals surface area contributed by atoms with Crippen LogP contribution in [0.25, 0.3) is 10.2 Å². The molecule has 0 aromatic carbocycles. The van der Waals surface area contributed by atoms with Crippen molar-refractivity contribution in [1.82, 2.24) is 19.8 Å². The second kappa shape index (κ2) is 7.96. The van der Waals surface area contributed by atoms with Crippen LogP contribution in [0.15, 0.2) is 4.79 Å². The monoisotopic (exact) mass is 380 g/mol. The summed E-state index contributed by atoms with van der Waals surface area (Å²) in [4.78, 5) is 48.0. The van der Waals surface area contributed by atoms with E-state index in [1.807, 2.05) is 6.92 Å². The highest BCUT2D eigenvalue weighted by Gasteiger charge is 2.23. The van der Waals surface area contributed by atoms with Gasteiger partial charge in [0.15, 0.2) is 0 Å². The van der Waals surface area contributed by atoms with Crippen molar-refractivity contribution in [3.63, 3.8) is 0 Å². The van der Waals surface area contributed by atoms with Crippen LogP contribution in [0.5, 0.6) is 0 Å². The molecule has 1 atom stereocenters. The van der Waals surface area contributed by atoms with Crippen LogP contribution in [0.3, 0.4) is 0 Å². The van der Waals surface area contributed by atoms with Gasteiger partial charge in [0.2, 0.25) is 5.91 Å². The Morgan fingerprint density at radius 2 is 1.96 bits per heavy atom. The van der Waals surface area contributed by atoms with Crippen LogP contribution in [0.4, 0.5) is 0 Å². The minimum atomic E-state index is -0.448. The number of ether oxygens (including phenoxy) is 1. The molecule has 0 spiro atoms. The van der Waals surface area contributed by atoms with Crippen LogP contribution in [0.1, 0.15) is 40.9 Å². The van der Waals surface area contributed by atoms with Crippen LogP contribution >= 0.6 is 11.3 Å². The molecule has 0 aliphatic heterocycles. The van der Waals surface area contributed by atoms with E-state index in [9.17, 15) is 14.4 Å². The number of fused-ring (bicyclic) bond motifs is 1. The van der Waals surface area contributed by atoms with Crippen molar-refractivity contribution >= 4 is 33.4 Å². The van der Waals surface area contributed by atoms with Crippen molar-refractivity contribution in [2.45, 2.75) is 26.8 Å². The molecule has 0 radical (unpaired) electrons. The minimum absolute atomic E-state index is 0.0423. The molecule has 2 heterocycles. The highest BCUT2D eigenvalue weighted by Crippen LogP contribution is 2.28. The molecule has 0 fully saturated rings. The first-order valence-electron chi connectivity index (χ1n) is 8.28. The van der Waals surface area contributed by atoms with Gasteiger partial charge < -0.3 is 14.6 Å². The summed E-state index contributed by atoms with van der Waals surface area (Å²) in [6, 6.07) is -0.274. The molecule has 26 heavy (non-hydrogen) atoms. The van der Waals surface area contributed by atoms with Crippen LogP contribution in [-0.4, -0.2) is 65.9 Å². The average Bonchev–Trinajstić information content (AvgIpc) is 2.91. The van der Waals surface area contributed by atoms with Gasteiger partial charge in [-0.3, -0.25) is 14.5 Å². The molecule has 9 heteroatoms. The summed E-state index contributed by atoms with van der Waals surface area (Å²) < 4.78 is 5.04. The van der Waals surface area contributed by atoms with Crippen LogP contribution in [0, 0.1) is 6.92 Å². The topological polar surface area (TPSA) is 95.6 Å². The molecule has 2 aromatic rings. The molecule has 1 amide bonds. The zero-order valence-electron chi connectivity index (χ0n) is 15.9. The fourth-order valence-electron chi connectivity index (χ4n) is 2.45. The normalized spacial score (nSPS) is 12.4. The van der Waals surface area contributed by atoms with E-state index in [-0.39, 0.29) is 30.7 Å². The number of aryl methyl sites for hydroxylation is 1. The third-order valence-corrected chi connectivity index (χ3v) is 5.39. The maximum absolute atomic E-state index is 12.5. The van der Waals surface area contributed by atoms with Gasteiger partial charge in [-0.2, -0.15) is 0 Å². The second-order valence-electron chi connectivity index (χ2n) is 6.29. The van der Waals surface area contributed by atoms with Gasteiger partial charge in [0.25, 0.3) is 5.56 Å². The van der Waals surface area contributed by atoms with Gasteiger partial charge in [-0.05, 0) is 33.4 Å². The molecule has 8 nitrogen and oxygen atoms in total. The van der Waals surface area contributed by atoms with E-state index in [1.165, 1.54) is 4.90 Å². The summed E-state index contributed by atoms with van der Waals surface area (Å²) in [6.07, 6.45) is 0. The molecule has 0 aliphatic rings. The van der Waals surface area contributed by atoms with Gasteiger partial charge >= 0.3 is 5.97 Å². The number of aromatic nitrogens is 2. The van der Waals surface area contributed by atoms with Gasteiger partial charge in [-0.1, -0.05) is 0 Å². The number of amides is 1. The van der Waals surface area contributed by atoms with Gasteiger partial charge in [-0.25, -0.2) is 9.78 Å². The number of esters is 1. The zero-order valence-corrected chi connectivity index (χ0v) is 16.7. The lowest BCUT2D eigenvalue weighted by Crippen LogP contribution is -2.36. The van der Waals surface area contributed by atoms with Crippen molar-refractivity contribution in [2.75, 3.05) is 34.3 Å². The first-order chi connectivity index (χ1) is 12.2. The van der Waals surface area contributed by atoms with Gasteiger partial charge in [-0.15, -0.1) is 11.3 Å². The number of aromatic amines is 1. The number of carbonyl (C=O) groups is 2. The first-order valence-corrected chi connectivity index (χ1v) is 9.09. The number of hydrogen-bond acceptors (Lipinski definition) is 7. The lowest BCUT2D eigenvalue weighted by Gasteiger charge is -2.24. The molecule has 1 N–H and O–H groups in total. The lowest BCUT2D eigenvalue weighted by molar-refractivity contribution is -0.130. The SMILES string of the molecule is CCOC(=O)c1sc2nc([C@H](C)N(C)CC(=O)N(C)C)[nH]c(=O)c2c1C. The van der Waals surface area contributed by atoms with Crippen molar-refractivity contribution in [3.05, 3.63) is 26.6 Å². The van der Waals surface area contributed by atoms with Crippen molar-refractivity contribution in [1.29, 1.82) is 0 Å². The zero-order chi connectivity index (χ0) is 19.6. The molecule has 0 unspecified atom stereocenters. The maximum Gasteiger partial charge on any atom is 0.348 e. The van der Waals surface area contributed by atoms with E-state index in [2.05, 4.69) is 9.97 Å². The molecule has 0 saturated heterocycles. The van der Waals surface area contributed by atoms with E-state index >= 15 is 0 Å². The fourth-order valence-corrected chi connectivity index (χ4v) is 3.53. The number of thiophene rings is 1. The molecular weight excluding hydrogens is 356 g/mol. The van der Waals surface area contributed by atoms with Crippen molar-refractivity contribution < 1.29 is 14.3 Å². The Balaban J connectivity index is 2.40. The van der Waals surface area contributed by atoms with Crippen LogP contribution < -0.4 is 5.56 Å². The fraction of sp³-hybridized carbons (Fsp3) is 0.529. The Hall–Kier alpha value is -2.26. The largest absolute Gasteiger partial charge is 0.462 e. The third kappa shape index (κ3) is 3.94. The third-order valence-electron chi connectivity index (χ3n) is 4.22. The van der Waals surface area contributed by atoms with Crippen molar-refractivity contribution in [2.24, 2.45) is 0 Å². The summed E-state index contributed by atoms with van der Waals surface area (Å²) in [6.45, 7) is 5.78. The van der Waals surface area contributed by atoms with E-state index in [0.717, 1.165) is 11.3 Å². The number of nitrogens with one attached hydrogen (secondary N) is 1. The first kappa shape index (κ1) is 20.1. The number of H-pyrrole nitrogens is 1. The molecule has 2 rings (SSSR count). The number of nitrogens with zero attached hydrogens (tertiary/aromatic N) is 3. The van der Waals surface area contributed by atoms with E-state index in [0.29, 0.717) is 26.5 Å². The molecule has 142 valence electrons. The lowest BCUT2D eigenvalue weighted by atomic mass is 10.2. The summed E-state index contributed by atoms with van der Waals surface area (Å²) in [5.41, 5.74) is 0.279. The Labute approximate surface area is 155 Å². The van der Waals surface area contributed by atoms with Crippen molar-refractivity contribution in [3.8, 4) is 0 Å². The molecular formula is C17H24N4O4S. The van der Waals surface area contributed by atoms with E-state index in [4.69, 9.17) is 4.74 Å². The Bertz CT molecular complexity index is 887. The average molecular weight is 380 g/mol. The predicted octanol–water partition coefficient (Wildman–Crippen LogP) is 1.55. The second-order valence-corrected chi connectivity index (χ2v) is 7.29. The van der Waals surface area contributed by atoms with E-state index in [1.54, 1.807) is 39.9 Å². The van der Waals surface area contributed by atoms with Crippen LogP contribution in [-0.2, 0) is 9.53 Å². The minimum Gasteiger partial charge on any atom is -0.462 e. The molecule has 0 aliphatic carbocycles. The quantitative estimate of drug-likeness (QED) is 0.764. The Morgan fingerprint density at radius 1 is 1.31 bits per heavy atom. The van der Waals surface area contributed by atoms with Gasteiger partial charge in [0, 0.05) is 14.1 Å². The van der Waals surface area contributed by atoms with Gasteiger partial charge in [0.1, 0.15) is 15.5 Å². The smallest absolute Gasteiger partial charge is 0.348 e. The van der Waals surface area contributed by atoms with Crippen LogP contribution in [0.2, 0.25) is 0 Å². The Morgan fingerprint density at radius 3 is 2.54 bits per heavy atom. The summed E-state index contributed by atoms with van der Waals surface area (Å²) in [5, 5.41) is 0.404. The van der Waals surface area contributed by atoms with E-state index < -0.39 is 5.97 Å². The maximum atomic E-state index is 12.5.